The van der Waals surface area contributed by atoms with E-state index in [2.05, 4.69) is 10.6 Å². The van der Waals surface area contributed by atoms with Gasteiger partial charge in [0.15, 0.2) is 0 Å². The summed E-state index contributed by atoms with van der Waals surface area (Å²) in [6, 6.07) is -0.0587. The van der Waals surface area contributed by atoms with Crippen molar-refractivity contribution >= 4 is 0 Å². The first-order valence-corrected chi connectivity index (χ1v) is 3.51. The molecule has 1 fully saturated rings. The third kappa shape index (κ3) is 3.57. The van der Waals surface area contributed by atoms with Gasteiger partial charge in [0.25, 0.3) is 0 Å². The molecule has 0 aromatic rings. The maximum atomic E-state index is 11.6. The fraction of sp³-hybridized carbons (Fsp3) is 1.00. The van der Waals surface area contributed by atoms with E-state index in [4.69, 9.17) is 0 Å². The minimum absolute atomic E-state index is 0.0587. The number of halogens is 3. The second kappa shape index (κ2) is 3.40. The molecule has 0 amide bonds. The number of nitrogens with zero attached hydrogens (tertiary/aromatic N) is 1. The van der Waals surface area contributed by atoms with Crippen LogP contribution < -0.4 is 10.6 Å². The lowest BCUT2D eigenvalue weighted by Gasteiger charge is -2.12. The predicted octanol–water partition coefficient (Wildman–Crippen LogP) is 0.515. The highest BCUT2D eigenvalue weighted by molar-refractivity contribution is 4.77. The Morgan fingerprint density at radius 2 is 2.18 bits per heavy atom. The van der Waals surface area contributed by atoms with Crippen LogP contribution in [0.4, 0.5) is 13.2 Å². The van der Waals surface area contributed by atoms with E-state index in [1.165, 1.54) is 0 Å². The van der Waals surface area contributed by atoms with Crippen LogP contribution in [-0.2, 0) is 0 Å². The molecule has 1 N–H and O–H groups in total. The summed E-state index contributed by atoms with van der Waals surface area (Å²) in [6.45, 7) is 0.318. The molecule has 1 saturated heterocycles. The van der Waals surface area contributed by atoms with Gasteiger partial charge in [-0.25, -0.2) is 5.32 Å². The number of nitrogens with one attached hydrogen (secondary N) is 1. The quantitative estimate of drug-likeness (QED) is 0.637. The van der Waals surface area contributed by atoms with Gasteiger partial charge in [0.2, 0.25) is 0 Å². The van der Waals surface area contributed by atoms with Crippen LogP contribution in [-0.4, -0.2) is 31.9 Å². The van der Waals surface area contributed by atoms with Gasteiger partial charge in [-0.15, -0.1) is 0 Å². The zero-order valence-corrected chi connectivity index (χ0v) is 5.99. The first-order valence-electron chi connectivity index (χ1n) is 3.51. The molecule has 1 atom stereocenters. The fourth-order valence-electron chi connectivity index (χ4n) is 1.01. The molecule has 65 valence electrons. The topological polar surface area (TPSA) is 26.1 Å². The van der Waals surface area contributed by atoms with Crippen LogP contribution in [0.15, 0.2) is 0 Å². The van der Waals surface area contributed by atoms with Crippen molar-refractivity contribution in [3.63, 3.8) is 0 Å². The van der Waals surface area contributed by atoms with Gasteiger partial charge in [-0.05, 0) is 6.42 Å². The summed E-state index contributed by atoms with van der Waals surface area (Å²) in [7, 11) is 0. The van der Waals surface area contributed by atoms with Crippen LogP contribution in [0.3, 0.4) is 0 Å². The maximum absolute atomic E-state index is 11.6. The molecule has 11 heavy (non-hydrogen) atoms. The Hall–Kier alpha value is -0.290. The lowest BCUT2D eigenvalue weighted by atomic mass is 10.2. The van der Waals surface area contributed by atoms with Gasteiger partial charge in [0, 0.05) is 19.1 Å². The van der Waals surface area contributed by atoms with E-state index in [9.17, 15) is 13.2 Å². The average molecular weight is 167 g/mol. The van der Waals surface area contributed by atoms with Gasteiger partial charge in [0.05, 0.1) is 6.54 Å². The van der Waals surface area contributed by atoms with Gasteiger partial charge >= 0.3 is 6.18 Å². The first kappa shape index (κ1) is 8.80. The molecule has 1 radical (unpaired) electrons. The smallest absolute Gasteiger partial charge is 0.305 e. The minimum Gasteiger partial charge on any atom is -0.305 e. The summed E-state index contributed by atoms with van der Waals surface area (Å²) < 4.78 is 34.8. The third-order valence-corrected chi connectivity index (χ3v) is 1.58. The second-order valence-corrected chi connectivity index (χ2v) is 2.61. The molecule has 1 aliphatic heterocycles. The van der Waals surface area contributed by atoms with Crippen LogP contribution in [0.5, 0.6) is 0 Å². The summed E-state index contributed by atoms with van der Waals surface area (Å²) in [4.78, 5) is 0. The molecule has 2 nitrogen and oxygen atoms in total. The van der Waals surface area contributed by atoms with E-state index in [1.807, 2.05) is 0 Å². The summed E-state index contributed by atoms with van der Waals surface area (Å²) in [5.41, 5.74) is 0. The van der Waals surface area contributed by atoms with Gasteiger partial charge in [-0.3, -0.25) is 0 Å². The van der Waals surface area contributed by atoms with E-state index >= 15 is 0 Å². The minimum atomic E-state index is -4.09. The molecule has 1 aliphatic rings. The zero-order chi connectivity index (χ0) is 8.32. The molecule has 0 spiro atoms. The van der Waals surface area contributed by atoms with Crippen molar-refractivity contribution in [1.82, 2.24) is 10.6 Å². The Morgan fingerprint density at radius 3 is 2.64 bits per heavy atom. The van der Waals surface area contributed by atoms with Gasteiger partial charge in [-0.2, -0.15) is 13.2 Å². The zero-order valence-electron chi connectivity index (χ0n) is 5.99. The van der Waals surface area contributed by atoms with Crippen LogP contribution in [0.25, 0.3) is 0 Å². The normalized spacial score (nSPS) is 25.9. The Balaban J connectivity index is 2.11. The van der Waals surface area contributed by atoms with E-state index < -0.39 is 12.7 Å². The van der Waals surface area contributed by atoms with E-state index in [1.54, 1.807) is 0 Å². The predicted molar refractivity (Wildman–Crippen MR) is 34.3 cm³/mol. The summed E-state index contributed by atoms with van der Waals surface area (Å²) in [5.74, 6) is 0. The molecular weight excluding hydrogens is 157 g/mol. The van der Waals surface area contributed by atoms with Crippen LogP contribution in [0, 0.1) is 0 Å². The molecule has 0 saturated carbocycles. The second-order valence-electron chi connectivity index (χ2n) is 2.61. The molecule has 0 bridgehead atoms. The highest BCUT2D eigenvalue weighted by Crippen LogP contribution is 2.13. The molecule has 1 heterocycles. The summed E-state index contributed by atoms with van der Waals surface area (Å²) in [6.07, 6.45) is -3.36. The van der Waals surface area contributed by atoms with E-state index in [0.717, 1.165) is 6.42 Å². The summed E-state index contributed by atoms with van der Waals surface area (Å²) >= 11 is 0. The monoisotopic (exact) mass is 167 g/mol. The van der Waals surface area contributed by atoms with Crippen LogP contribution >= 0.6 is 0 Å². The van der Waals surface area contributed by atoms with E-state index in [-0.39, 0.29) is 6.04 Å². The maximum Gasteiger partial charge on any atom is 0.401 e. The Morgan fingerprint density at radius 1 is 1.45 bits per heavy atom. The Bertz CT molecular complexity index is 117. The van der Waals surface area contributed by atoms with Crippen molar-refractivity contribution < 1.29 is 13.2 Å². The average Bonchev–Trinajstić information content (AvgIpc) is 2.32. The number of hydrogen-bond donors (Lipinski definition) is 1. The van der Waals surface area contributed by atoms with Crippen LogP contribution in [0.2, 0.25) is 0 Å². The van der Waals surface area contributed by atoms with Crippen molar-refractivity contribution in [1.29, 1.82) is 0 Å². The molecular formula is C6H10F3N2. The standard InChI is InChI=1S/C6H10F3N2/c7-6(8,9)4-11-5-1-2-10-3-5/h5,11H,1-4H2. The van der Waals surface area contributed by atoms with Crippen molar-refractivity contribution in [3.8, 4) is 0 Å². The molecule has 1 unspecified atom stereocenters. The van der Waals surface area contributed by atoms with Crippen molar-refractivity contribution in [2.45, 2.75) is 18.6 Å². The van der Waals surface area contributed by atoms with Gasteiger partial charge in [0.1, 0.15) is 0 Å². The highest BCUT2D eigenvalue weighted by atomic mass is 19.4. The highest BCUT2D eigenvalue weighted by Gasteiger charge is 2.28. The number of hydrogen-bond acceptors (Lipinski definition) is 1. The van der Waals surface area contributed by atoms with Crippen molar-refractivity contribution in [2.24, 2.45) is 0 Å². The summed E-state index contributed by atoms with van der Waals surface area (Å²) in [5, 5.41) is 6.34. The fourth-order valence-corrected chi connectivity index (χ4v) is 1.01. The van der Waals surface area contributed by atoms with E-state index in [0.29, 0.717) is 13.1 Å². The third-order valence-electron chi connectivity index (χ3n) is 1.58. The molecule has 1 rings (SSSR count). The Labute approximate surface area is 63.2 Å². The molecule has 0 aromatic heterocycles. The van der Waals surface area contributed by atoms with Crippen molar-refractivity contribution in [2.75, 3.05) is 19.6 Å². The van der Waals surface area contributed by atoms with Crippen molar-refractivity contribution in [3.05, 3.63) is 0 Å². The largest absolute Gasteiger partial charge is 0.401 e. The lowest BCUT2D eigenvalue weighted by Crippen LogP contribution is -2.37. The SMILES string of the molecule is FC(F)(F)CNC1CC[N]C1. The Kier molecular flexibility index (Phi) is 2.72. The molecule has 0 aromatic carbocycles. The van der Waals surface area contributed by atoms with Crippen LogP contribution in [0.1, 0.15) is 6.42 Å². The number of alkyl halides is 3. The molecule has 0 aliphatic carbocycles. The molecule has 5 heteroatoms. The van der Waals surface area contributed by atoms with Gasteiger partial charge in [-0.1, -0.05) is 0 Å². The number of rotatable bonds is 2. The first-order chi connectivity index (χ1) is 5.08. The van der Waals surface area contributed by atoms with Gasteiger partial charge < -0.3 is 5.32 Å². The lowest BCUT2D eigenvalue weighted by molar-refractivity contribution is -0.125.